The van der Waals surface area contributed by atoms with Gasteiger partial charge in [-0.3, -0.25) is 0 Å². The predicted octanol–water partition coefficient (Wildman–Crippen LogP) is 14.1. The maximum Gasteiger partial charge on any atom is 0.0618 e. The Bertz CT molecular complexity index is 2340. The normalized spacial score (nSPS) is 14.7. The summed E-state index contributed by atoms with van der Waals surface area (Å²) in [7, 11) is 0. The van der Waals surface area contributed by atoms with Gasteiger partial charge < -0.3 is 4.90 Å². The SMILES string of the molecule is CC(C)(C)c1ccc(N2c3ccccc3-c3cc(cc4ccccc34)-c3cccc(-c4cccc5cccc(C6CCCCC6)c45)c32)cc1. The molecule has 1 aliphatic heterocycles. The largest absolute Gasteiger partial charge is 0.309 e. The molecule has 0 unspecified atom stereocenters. The highest BCUT2D eigenvalue weighted by atomic mass is 15.2. The fourth-order valence-corrected chi connectivity index (χ4v) is 8.67. The molecule has 1 aliphatic carbocycles. The summed E-state index contributed by atoms with van der Waals surface area (Å²) in [4.78, 5) is 2.56. The highest BCUT2D eigenvalue weighted by Gasteiger charge is 2.29. The Kier molecular flexibility index (Phi) is 7.20. The van der Waals surface area contributed by atoms with E-state index in [9.17, 15) is 0 Å². The van der Waals surface area contributed by atoms with Gasteiger partial charge in [0, 0.05) is 22.4 Å². The topological polar surface area (TPSA) is 3.24 Å². The van der Waals surface area contributed by atoms with Crippen LogP contribution in [-0.2, 0) is 5.41 Å². The molecule has 0 aromatic heterocycles. The number of para-hydroxylation sites is 2. The second kappa shape index (κ2) is 11.8. The van der Waals surface area contributed by atoms with E-state index in [-0.39, 0.29) is 5.41 Å². The van der Waals surface area contributed by atoms with Crippen LogP contribution in [0, 0.1) is 0 Å². The molecule has 1 saturated carbocycles. The molecule has 7 aromatic rings. The van der Waals surface area contributed by atoms with E-state index in [1.807, 2.05) is 0 Å². The van der Waals surface area contributed by atoms with Crippen LogP contribution in [0.5, 0.6) is 0 Å². The van der Waals surface area contributed by atoms with Crippen LogP contribution in [-0.4, -0.2) is 0 Å². The fourth-order valence-electron chi connectivity index (χ4n) is 8.67. The van der Waals surface area contributed by atoms with Gasteiger partial charge >= 0.3 is 0 Å². The molecule has 0 amide bonds. The number of hydrogen-bond donors (Lipinski definition) is 0. The third-order valence-corrected chi connectivity index (χ3v) is 11.1. The van der Waals surface area contributed by atoms with Crippen molar-refractivity contribution < 1.29 is 0 Å². The number of nitrogens with zero attached hydrogens (tertiary/aromatic N) is 1. The van der Waals surface area contributed by atoms with Crippen molar-refractivity contribution in [2.75, 3.05) is 4.90 Å². The maximum atomic E-state index is 2.56. The highest BCUT2D eigenvalue weighted by molar-refractivity contribution is 6.11. The molecule has 0 saturated heterocycles. The molecule has 7 aromatic carbocycles. The van der Waals surface area contributed by atoms with Gasteiger partial charge in [-0.1, -0.05) is 149 Å². The van der Waals surface area contributed by atoms with E-state index >= 15 is 0 Å². The monoisotopic (exact) mass is 633 g/mol. The molecule has 1 heterocycles. The Morgan fingerprint density at radius 2 is 1.18 bits per heavy atom. The number of benzene rings is 7. The lowest BCUT2D eigenvalue weighted by Gasteiger charge is -2.34. The van der Waals surface area contributed by atoms with Gasteiger partial charge in [-0.15, -0.1) is 0 Å². The molecule has 1 nitrogen and oxygen atoms in total. The summed E-state index contributed by atoms with van der Waals surface area (Å²) in [6.45, 7) is 6.88. The minimum Gasteiger partial charge on any atom is -0.309 e. The first kappa shape index (κ1) is 30.0. The minimum atomic E-state index is 0.0740. The van der Waals surface area contributed by atoms with E-state index in [2.05, 4.69) is 165 Å². The zero-order valence-electron chi connectivity index (χ0n) is 28.8. The van der Waals surface area contributed by atoms with Crippen LogP contribution >= 0.6 is 0 Å². The summed E-state index contributed by atoms with van der Waals surface area (Å²) in [5.74, 6) is 0.605. The molecular weight excluding hydrogens is 591 g/mol. The van der Waals surface area contributed by atoms with E-state index in [4.69, 9.17) is 0 Å². The maximum absolute atomic E-state index is 2.56. The molecule has 0 N–H and O–H groups in total. The Labute approximate surface area is 290 Å². The molecule has 0 spiro atoms. The third-order valence-electron chi connectivity index (χ3n) is 11.1. The van der Waals surface area contributed by atoms with Gasteiger partial charge in [-0.25, -0.2) is 0 Å². The van der Waals surface area contributed by atoms with Crippen molar-refractivity contribution in [3.8, 4) is 33.4 Å². The quantitative estimate of drug-likeness (QED) is 0.187. The second-order valence-electron chi connectivity index (χ2n) is 15.2. The van der Waals surface area contributed by atoms with Gasteiger partial charge in [0.05, 0.1) is 11.4 Å². The molecule has 0 atom stereocenters. The van der Waals surface area contributed by atoms with Crippen molar-refractivity contribution in [2.45, 2.75) is 64.2 Å². The van der Waals surface area contributed by atoms with Gasteiger partial charge in [-0.2, -0.15) is 0 Å². The van der Waals surface area contributed by atoms with Crippen LogP contribution in [0.4, 0.5) is 17.1 Å². The van der Waals surface area contributed by atoms with Crippen LogP contribution < -0.4 is 4.90 Å². The molecule has 2 bridgehead atoms. The van der Waals surface area contributed by atoms with Crippen molar-refractivity contribution in [3.05, 3.63) is 151 Å². The second-order valence-corrected chi connectivity index (χ2v) is 15.2. The average molecular weight is 634 g/mol. The van der Waals surface area contributed by atoms with Crippen LogP contribution in [0.2, 0.25) is 0 Å². The predicted molar refractivity (Wildman–Crippen MR) is 211 cm³/mol. The Hall–Kier alpha value is -5.14. The molecule has 9 rings (SSSR count). The highest BCUT2D eigenvalue weighted by Crippen LogP contribution is 2.53. The first-order chi connectivity index (χ1) is 24.0. The smallest absolute Gasteiger partial charge is 0.0618 e. The Morgan fingerprint density at radius 1 is 0.531 bits per heavy atom. The van der Waals surface area contributed by atoms with Crippen LogP contribution in [0.1, 0.15) is 69.9 Å². The van der Waals surface area contributed by atoms with Crippen molar-refractivity contribution in [1.82, 2.24) is 0 Å². The average Bonchev–Trinajstić information content (AvgIpc) is 3.14. The zero-order chi connectivity index (χ0) is 33.1. The van der Waals surface area contributed by atoms with Crippen molar-refractivity contribution in [2.24, 2.45) is 0 Å². The number of hydrogen-bond acceptors (Lipinski definition) is 1. The van der Waals surface area contributed by atoms with Crippen LogP contribution in [0.15, 0.2) is 140 Å². The summed E-state index contributed by atoms with van der Waals surface area (Å²) < 4.78 is 0. The van der Waals surface area contributed by atoms with Gasteiger partial charge in [0.25, 0.3) is 0 Å². The molecular formula is C48H43N. The van der Waals surface area contributed by atoms with Crippen molar-refractivity contribution in [1.29, 1.82) is 0 Å². The molecule has 49 heavy (non-hydrogen) atoms. The van der Waals surface area contributed by atoms with Gasteiger partial charge in [-0.05, 0) is 104 Å². The van der Waals surface area contributed by atoms with E-state index in [0.717, 1.165) is 0 Å². The zero-order valence-corrected chi connectivity index (χ0v) is 28.8. The molecule has 1 heteroatoms. The lowest BCUT2D eigenvalue weighted by atomic mass is 9.80. The van der Waals surface area contributed by atoms with E-state index in [0.29, 0.717) is 5.92 Å². The first-order valence-corrected chi connectivity index (χ1v) is 18.1. The molecule has 2 aliphatic rings. The molecule has 0 radical (unpaired) electrons. The minimum absolute atomic E-state index is 0.0740. The molecule has 1 fully saturated rings. The lowest BCUT2D eigenvalue weighted by Crippen LogP contribution is -2.16. The molecule has 240 valence electrons. The van der Waals surface area contributed by atoms with Crippen molar-refractivity contribution in [3.63, 3.8) is 0 Å². The van der Waals surface area contributed by atoms with E-state index in [1.165, 1.54) is 115 Å². The van der Waals surface area contributed by atoms with Gasteiger partial charge in [0.2, 0.25) is 0 Å². The first-order valence-electron chi connectivity index (χ1n) is 18.1. The number of fused-ring (bicyclic) bond motifs is 9. The Balaban J connectivity index is 1.40. The van der Waals surface area contributed by atoms with Crippen LogP contribution in [0.3, 0.4) is 0 Å². The van der Waals surface area contributed by atoms with Crippen molar-refractivity contribution >= 4 is 38.6 Å². The summed E-state index contributed by atoms with van der Waals surface area (Å²) in [5, 5.41) is 5.31. The summed E-state index contributed by atoms with van der Waals surface area (Å²) in [5.41, 5.74) is 14.2. The number of rotatable bonds is 3. The van der Waals surface area contributed by atoms with Gasteiger partial charge in [0.1, 0.15) is 0 Å². The third kappa shape index (κ3) is 5.06. The summed E-state index contributed by atoms with van der Waals surface area (Å²) in [6, 6.07) is 53.0. The lowest BCUT2D eigenvalue weighted by molar-refractivity contribution is 0.445. The van der Waals surface area contributed by atoms with E-state index < -0.39 is 0 Å². The summed E-state index contributed by atoms with van der Waals surface area (Å²) in [6.07, 6.45) is 6.56. The summed E-state index contributed by atoms with van der Waals surface area (Å²) >= 11 is 0. The number of anilines is 3. The Morgan fingerprint density at radius 3 is 2.00 bits per heavy atom. The fraction of sp³-hybridized carbons (Fsp3) is 0.208. The van der Waals surface area contributed by atoms with Crippen LogP contribution in [0.25, 0.3) is 54.9 Å². The van der Waals surface area contributed by atoms with E-state index in [1.54, 1.807) is 0 Å². The standard InChI is InChI=1S/C48H43N/c1-48(2,3)36-26-28-37(29-27-36)49-45-25-10-9-20-41(45)44-31-35(30-34-16-7-8-19-38(34)44)40-22-13-24-43(47(40)49)42-23-12-18-33-17-11-21-39(46(33)42)32-14-5-4-6-15-32/h7-13,16-32H,4-6,14-15H2,1-3H3. The van der Waals surface area contributed by atoms with Gasteiger partial charge in [0.15, 0.2) is 0 Å².